The molecule has 0 saturated carbocycles. The molecule has 0 unspecified atom stereocenters. The second-order valence-electron chi connectivity index (χ2n) is 5.41. The highest BCUT2D eigenvalue weighted by atomic mass is 14.3. The number of benzene rings is 1. The molecule has 2 rings (SSSR count). The number of fused-ring (bicyclic) bond motifs is 1. The van der Waals surface area contributed by atoms with Gasteiger partial charge in [0.2, 0.25) is 0 Å². The number of rotatable bonds is 0. The molecular formula is C15H20. The predicted octanol–water partition coefficient (Wildman–Crippen LogP) is 4.55. The van der Waals surface area contributed by atoms with E-state index in [0.717, 1.165) is 0 Å². The third-order valence-electron chi connectivity index (χ3n) is 3.58. The summed E-state index contributed by atoms with van der Waals surface area (Å²) in [7, 11) is 0. The summed E-state index contributed by atoms with van der Waals surface area (Å²) in [5.74, 6) is 0. The van der Waals surface area contributed by atoms with E-state index in [1.807, 2.05) is 0 Å². The lowest BCUT2D eigenvalue weighted by Crippen LogP contribution is -2.23. The van der Waals surface area contributed by atoms with Crippen LogP contribution in [0.4, 0.5) is 0 Å². The zero-order valence-corrected chi connectivity index (χ0v) is 10.2. The fourth-order valence-corrected chi connectivity index (χ4v) is 2.56. The molecule has 1 aliphatic carbocycles. The van der Waals surface area contributed by atoms with E-state index < -0.39 is 0 Å². The molecule has 0 N–H and O–H groups in total. The van der Waals surface area contributed by atoms with Crippen LogP contribution in [0, 0.1) is 0 Å². The molecule has 15 heavy (non-hydrogen) atoms. The first-order valence-corrected chi connectivity index (χ1v) is 5.78. The molecule has 0 spiro atoms. The van der Waals surface area contributed by atoms with Gasteiger partial charge in [-0.25, -0.2) is 0 Å². The topological polar surface area (TPSA) is 0 Å². The van der Waals surface area contributed by atoms with E-state index in [4.69, 9.17) is 0 Å². The van der Waals surface area contributed by atoms with Crippen molar-refractivity contribution in [2.24, 2.45) is 0 Å². The monoisotopic (exact) mass is 200 g/mol. The average molecular weight is 200 g/mol. The molecule has 0 amide bonds. The molecule has 0 saturated heterocycles. The maximum absolute atomic E-state index is 2.35. The maximum Gasteiger partial charge on any atom is -0.00944 e. The Morgan fingerprint density at radius 2 is 1.80 bits per heavy atom. The second-order valence-corrected chi connectivity index (χ2v) is 5.41. The molecule has 0 heteroatoms. The molecule has 0 bridgehead atoms. The summed E-state index contributed by atoms with van der Waals surface area (Å²) < 4.78 is 0. The summed E-state index contributed by atoms with van der Waals surface area (Å²) in [6.07, 6.45) is 2.50. The van der Waals surface area contributed by atoms with Crippen molar-refractivity contribution in [3.05, 3.63) is 41.0 Å². The van der Waals surface area contributed by atoms with Crippen LogP contribution >= 0.6 is 0 Å². The van der Waals surface area contributed by atoms with Gasteiger partial charge in [-0.1, -0.05) is 43.7 Å². The minimum absolute atomic E-state index is 0.343. The van der Waals surface area contributed by atoms with Gasteiger partial charge in [0.1, 0.15) is 0 Å². The molecule has 1 aliphatic rings. The van der Waals surface area contributed by atoms with Crippen LogP contribution in [0.3, 0.4) is 0 Å². The summed E-state index contributed by atoms with van der Waals surface area (Å²) in [4.78, 5) is 0. The summed E-state index contributed by atoms with van der Waals surface area (Å²) in [6.45, 7) is 9.16. The molecule has 0 nitrogen and oxygen atoms in total. The van der Waals surface area contributed by atoms with Crippen molar-refractivity contribution >= 4 is 5.57 Å². The van der Waals surface area contributed by atoms with Crippen LogP contribution in [0.5, 0.6) is 0 Å². The highest BCUT2D eigenvalue weighted by Crippen LogP contribution is 2.42. The van der Waals surface area contributed by atoms with Crippen molar-refractivity contribution in [3.63, 3.8) is 0 Å². The molecule has 0 aliphatic heterocycles. The minimum Gasteiger partial charge on any atom is -0.0726 e. The quantitative estimate of drug-likeness (QED) is 0.576. The summed E-state index contributed by atoms with van der Waals surface area (Å²) >= 11 is 0. The van der Waals surface area contributed by atoms with Gasteiger partial charge in [-0.15, -0.1) is 0 Å². The summed E-state index contributed by atoms with van der Waals surface area (Å²) in [5.41, 5.74) is 6.37. The Morgan fingerprint density at radius 3 is 2.47 bits per heavy atom. The van der Waals surface area contributed by atoms with Crippen LogP contribution in [0.15, 0.2) is 29.8 Å². The van der Waals surface area contributed by atoms with E-state index in [1.54, 1.807) is 5.57 Å². The van der Waals surface area contributed by atoms with E-state index in [-0.39, 0.29) is 0 Å². The van der Waals surface area contributed by atoms with Gasteiger partial charge in [0, 0.05) is 0 Å². The van der Waals surface area contributed by atoms with Crippen molar-refractivity contribution in [2.75, 3.05) is 0 Å². The molecular weight excluding hydrogens is 180 g/mol. The Bertz CT molecular complexity index is 404. The number of hydrogen-bond donors (Lipinski definition) is 0. The van der Waals surface area contributed by atoms with Crippen LogP contribution in [0.2, 0.25) is 0 Å². The van der Waals surface area contributed by atoms with Gasteiger partial charge in [-0.2, -0.15) is 0 Å². The Hall–Kier alpha value is -1.04. The summed E-state index contributed by atoms with van der Waals surface area (Å²) in [5, 5.41) is 0. The van der Waals surface area contributed by atoms with E-state index in [2.05, 4.69) is 52.0 Å². The minimum atomic E-state index is 0.343. The fraction of sp³-hybridized carbons (Fsp3) is 0.467. The molecule has 0 radical (unpaired) electrons. The molecule has 1 aromatic rings. The van der Waals surface area contributed by atoms with Crippen molar-refractivity contribution in [2.45, 2.75) is 46.0 Å². The van der Waals surface area contributed by atoms with Gasteiger partial charge in [0.25, 0.3) is 0 Å². The standard InChI is InChI=1S/C15H20/c1-11(2)12-9-10-15(3,4)14-8-6-5-7-13(12)14/h5-8H,9-10H2,1-4H3. The van der Waals surface area contributed by atoms with Gasteiger partial charge >= 0.3 is 0 Å². The zero-order valence-electron chi connectivity index (χ0n) is 10.2. The molecule has 80 valence electrons. The van der Waals surface area contributed by atoms with Gasteiger partial charge in [-0.05, 0) is 48.8 Å². The first kappa shape index (κ1) is 10.5. The lowest BCUT2D eigenvalue weighted by atomic mass is 9.70. The summed E-state index contributed by atoms with van der Waals surface area (Å²) in [6, 6.07) is 8.88. The van der Waals surface area contributed by atoms with Gasteiger partial charge in [0.15, 0.2) is 0 Å². The van der Waals surface area contributed by atoms with Crippen molar-refractivity contribution in [3.8, 4) is 0 Å². The van der Waals surface area contributed by atoms with E-state index in [9.17, 15) is 0 Å². The van der Waals surface area contributed by atoms with Crippen molar-refractivity contribution in [1.82, 2.24) is 0 Å². The average Bonchev–Trinajstić information content (AvgIpc) is 2.17. The van der Waals surface area contributed by atoms with Crippen LogP contribution in [-0.4, -0.2) is 0 Å². The molecule has 0 heterocycles. The van der Waals surface area contributed by atoms with Crippen molar-refractivity contribution in [1.29, 1.82) is 0 Å². The van der Waals surface area contributed by atoms with E-state index in [1.165, 1.54) is 29.5 Å². The second kappa shape index (κ2) is 3.52. The van der Waals surface area contributed by atoms with Crippen LogP contribution in [0.25, 0.3) is 5.57 Å². The number of allylic oxidation sites excluding steroid dienone is 2. The van der Waals surface area contributed by atoms with E-state index in [0.29, 0.717) is 5.41 Å². The number of hydrogen-bond acceptors (Lipinski definition) is 0. The first-order valence-electron chi connectivity index (χ1n) is 5.78. The smallest absolute Gasteiger partial charge is 0.00944 e. The van der Waals surface area contributed by atoms with E-state index >= 15 is 0 Å². The Balaban J connectivity index is 2.64. The highest BCUT2D eigenvalue weighted by Gasteiger charge is 2.29. The molecule has 0 aromatic heterocycles. The third-order valence-corrected chi connectivity index (χ3v) is 3.58. The lowest BCUT2D eigenvalue weighted by molar-refractivity contribution is 0.474. The van der Waals surface area contributed by atoms with Crippen LogP contribution in [-0.2, 0) is 5.41 Å². The molecule has 1 aromatic carbocycles. The Labute approximate surface area is 93.0 Å². The highest BCUT2D eigenvalue weighted by molar-refractivity contribution is 5.73. The molecule has 0 fully saturated rings. The van der Waals surface area contributed by atoms with Gasteiger partial charge in [0.05, 0.1) is 0 Å². The normalized spacial score (nSPS) is 18.5. The molecule has 0 atom stereocenters. The van der Waals surface area contributed by atoms with Crippen LogP contribution < -0.4 is 0 Å². The maximum atomic E-state index is 2.35. The zero-order chi connectivity index (χ0) is 11.1. The lowest BCUT2D eigenvalue weighted by Gasteiger charge is -2.34. The van der Waals surface area contributed by atoms with Crippen LogP contribution in [0.1, 0.15) is 51.7 Å². The third kappa shape index (κ3) is 1.73. The SMILES string of the molecule is CC(C)=C1CCC(C)(C)c2ccccc21. The largest absolute Gasteiger partial charge is 0.0726 e. The van der Waals surface area contributed by atoms with Gasteiger partial charge < -0.3 is 0 Å². The fourth-order valence-electron chi connectivity index (χ4n) is 2.56. The Kier molecular flexibility index (Phi) is 2.46. The van der Waals surface area contributed by atoms with Gasteiger partial charge in [-0.3, -0.25) is 0 Å². The van der Waals surface area contributed by atoms with Crippen molar-refractivity contribution < 1.29 is 0 Å². The Morgan fingerprint density at radius 1 is 1.13 bits per heavy atom. The predicted molar refractivity (Wildman–Crippen MR) is 67.0 cm³/mol. The first-order chi connectivity index (χ1) is 7.02.